The van der Waals surface area contributed by atoms with Crippen LogP contribution in [0.5, 0.6) is 0 Å². The van der Waals surface area contributed by atoms with Gasteiger partial charge in [0.2, 0.25) is 0 Å². The summed E-state index contributed by atoms with van der Waals surface area (Å²) in [4.78, 5) is 6.85. The molecule has 1 aliphatic heterocycles. The van der Waals surface area contributed by atoms with E-state index >= 15 is 0 Å². The molecule has 0 spiro atoms. The van der Waals surface area contributed by atoms with E-state index in [0.29, 0.717) is 5.92 Å². The summed E-state index contributed by atoms with van der Waals surface area (Å²) in [6.45, 7) is 8.83. The Bertz CT molecular complexity index is 359. The molecule has 1 aromatic rings. The molecule has 6 nitrogen and oxygen atoms in total. The average Bonchev–Trinajstić information content (AvgIpc) is 2.85. The predicted molar refractivity (Wildman–Crippen MR) is 69.1 cm³/mol. The van der Waals surface area contributed by atoms with Crippen LogP contribution in [0.25, 0.3) is 0 Å². The highest BCUT2D eigenvalue weighted by molar-refractivity contribution is 4.97. The average molecular weight is 253 g/mol. The standard InChI is InChI=1S/C12H23N5O/c1-9(2)11(13)12-14-10(15-16-12)3-4-17-5-7-18-8-6-17/h9,11H,3-8,13H2,1-2H3,(H,14,15,16)/t11-/m1/s1. The van der Waals surface area contributed by atoms with Crippen molar-refractivity contribution < 1.29 is 4.74 Å². The number of aromatic nitrogens is 3. The lowest BCUT2D eigenvalue weighted by Crippen LogP contribution is -2.37. The lowest BCUT2D eigenvalue weighted by atomic mass is 10.1. The monoisotopic (exact) mass is 253 g/mol. The Labute approximate surface area is 108 Å². The van der Waals surface area contributed by atoms with Gasteiger partial charge in [0, 0.05) is 26.1 Å². The summed E-state index contributed by atoms with van der Waals surface area (Å²) in [5, 5.41) is 7.18. The number of rotatable bonds is 5. The Morgan fingerprint density at radius 3 is 2.78 bits per heavy atom. The molecule has 1 aromatic heterocycles. The van der Waals surface area contributed by atoms with Crippen molar-refractivity contribution in [3.63, 3.8) is 0 Å². The lowest BCUT2D eigenvalue weighted by Gasteiger charge is -2.25. The molecule has 1 aliphatic rings. The van der Waals surface area contributed by atoms with E-state index in [1.165, 1.54) is 0 Å². The molecular weight excluding hydrogens is 230 g/mol. The van der Waals surface area contributed by atoms with E-state index < -0.39 is 0 Å². The maximum atomic E-state index is 6.02. The molecule has 102 valence electrons. The molecule has 2 rings (SSSR count). The van der Waals surface area contributed by atoms with Crippen LogP contribution in [0.4, 0.5) is 0 Å². The van der Waals surface area contributed by atoms with Crippen molar-refractivity contribution in [3.05, 3.63) is 11.6 Å². The highest BCUT2D eigenvalue weighted by Gasteiger charge is 2.16. The topological polar surface area (TPSA) is 80.1 Å². The van der Waals surface area contributed by atoms with Gasteiger partial charge >= 0.3 is 0 Å². The van der Waals surface area contributed by atoms with Gasteiger partial charge in [-0.15, -0.1) is 0 Å². The van der Waals surface area contributed by atoms with Crippen LogP contribution in [0.3, 0.4) is 0 Å². The van der Waals surface area contributed by atoms with Crippen LogP contribution in [-0.2, 0) is 11.2 Å². The number of morpholine rings is 1. The van der Waals surface area contributed by atoms with Crippen LogP contribution in [0.15, 0.2) is 0 Å². The van der Waals surface area contributed by atoms with E-state index in [9.17, 15) is 0 Å². The summed E-state index contributed by atoms with van der Waals surface area (Å²) >= 11 is 0. The van der Waals surface area contributed by atoms with Crippen molar-refractivity contribution in [2.45, 2.75) is 26.3 Å². The van der Waals surface area contributed by atoms with E-state index in [2.05, 4.69) is 33.9 Å². The Balaban J connectivity index is 1.82. The Morgan fingerprint density at radius 1 is 1.39 bits per heavy atom. The number of ether oxygens (including phenoxy) is 1. The van der Waals surface area contributed by atoms with Gasteiger partial charge in [-0.3, -0.25) is 10.00 Å². The van der Waals surface area contributed by atoms with Crippen LogP contribution < -0.4 is 5.73 Å². The predicted octanol–water partition coefficient (Wildman–Crippen LogP) is 0.335. The molecule has 1 fully saturated rings. The molecule has 6 heteroatoms. The number of hydrogen-bond acceptors (Lipinski definition) is 5. The molecule has 1 saturated heterocycles. The third kappa shape index (κ3) is 3.51. The first-order chi connectivity index (χ1) is 8.66. The Kier molecular flexibility index (Phi) is 4.68. The SMILES string of the molecule is CC(C)[C@@H](N)c1n[nH]c(CCN2CCOCC2)n1. The number of nitrogens with zero attached hydrogens (tertiary/aromatic N) is 3. The van der Waals surface area contributed by atoms with Crippen molar-refractivity contribution in [1.82, 2.24) is 20.1 Å². The molecule has 1 atom stereocenters. The van der Waals surface area contributed by atoms with Gasteiger partial charge in [0.15, 0.2) is 5.82 Å². The number of nitrogens with one attached hydrogen (secondary N) is 1. The van der Waals surface area contributed by atoms with Crippen LogP contribution in [0, 0.1) is 5.92 Å². The minimum absolute atomic E-state index is 0.0848. The molecule has 0 aromatic carbocycles. The molecule has 3 N–H and O–H groups in total. The number of nitrogens with two attached hydrogens (primary N) is 1. The molecule has 0 bridgehead atoms. The fraction of sp³-hybridized carbons (Fsp3) is 0.833. The zero-order valence-corrected chi connectivity index (χ0v) is 11.2. The minimum atomic E-state index is -0.0848. The van der Waals surface area contributed by atoms with E-state index in [1.54, 1.807) is 0 Å². The summed E-state index contributed by atoms with van der Waals surface area (Å²) in [5.41, 5.74) is 6.02. The van der Waals surface area contributed by atoms with Gasteiger partial charge in [-0.25, -0.2) is 4.98 Å². The van der Waals surface area contributed by atoms with Gasteiger partial charge in [-0.05, 0) is 5.92 Å². The van der Waals surface area contributed by atoms with Crippen LogP contribution in [0.1, 0.15) is 31.5 Å². The zero-order valence-electron chi connectivity index (χ0n) is 11.2. The maximum absolute atomic E-state index is 6.02. The van der Waals surface area contributed by atoms with E-state index in [-0.39, 0.29) is 6.04 Å². The zero-order chi connectivity index (χ0) is 13.0. The normalized spacial score (nSPS) is 19.3. The summed E-state index contributed by atoms with van der Waals surface area (Å²) in [6.07, 6.45) is 0.887. The highest BCUT2D eigenvalue weighted by Crippen LogP contribution is 2.14. The fourth-order valence-electron chi connectivity index (χ4n) is 1.96. The third-order valence-corrected chi connectivity index (χ3v) is 3.33. The molecular formula is C12H23N5O. The van der Waals surface area contributed by atoms with Crippen molar-refractivity contribution in [2.24, 2.45) is 11.7 Å². The van der Waals surface area contributed by atoms with E-state index in [0.717, 1.165) is 50.9 Å². The largest absolute Gasteiger partial charge is 0.379 e. The van der Waals surface area contributed by atoms with Crippen molar-refractivity contribution in [3.8, 4) is 0 Å². The fourth-order valence-corrected chi connectivity index (χ4v) is 1.96. The second-order valence-electron chi connectivity index (χ2n) is 5.11. The molecule has 0 radical (unpaired) electrons. The van der Waals surface area contributed by atoms with Crippen LogP contribution in [-0.4, -0.2) is 52.9 Å². The van der Waals surface area contributed by atoms with Gasteiger partial charge in [-0.1, -0.05) is 13.8 Å². The van der Waals surface area contributed by atoms with Gasteiger partial charge in [0.05, 0.1) is 19.3 Å². The molecule has 0 aliphatic carbocycles. The van der Waals surface area contributed by atoms with Crippen molar-refractivity contribution >= 4 is 0 Å². The van der Waals surface area contributed by atoms with Crippen molar-refractivity contribution in [2.75, 3.05) is 32.8 Å². The molecule has 2 heterocycles. The Hall–Kier alpha value is -0.980. The van der Waals surface area contributed by atoms with Crippen LogP contribution in [0.2, 0.25) is 0 Å². The molecule has 0 amide bonds. The quantitative estimate of drug-likeness (QED) is 0.790. The summed E-state index contributed by atoms with van der Waals surface area (Å²) in [6, 6.07) is -0.0848. The summed E-state index contributed by atoms with van der Waals surface area (Å²) < 4.78 is 5.32. The number of hydrogen-bond donors (Lipinski definition) is 2. The van der Waals surface area contributed by atoms with Gasteiger partial charge in [0.25, 0.3) is 0 Å². The second-order valence-corrected chi connectivity index (χ2v) is 5.11. The van der Waals surface area contributed by atoms with E-state index in [4.69, 9.17) is 10.5 Å². The van der Waals surface area contributed by atoms with Gasteiger partial charge < -0.3 is 10.5 Å². The van der Waals surface area contributed by atoms with Gasteiger partial charge in [0.1, 0.15) is 5.82 Å². The number of aromatic amines is 1. The summed E-state index contributed by atoms with van der Waals surface area (Å²) in [5.74, 6) is 2.00. The summed E-state index contributed by atoms with van der Waals surface area (Å²) in [7, 11) is 0. The lowest BCUT2D eigenvalue weighted by molar-refractivity contribution is 0.0382. The number of H-pyrrole nitrogens is 1. The minimum Gasteiger partial charge on any atom is -0.379 e. The molecule has 0 unspecified atom stereocenters. The smallest absolute Gasteiger partial charge is 0.167 e. The van der Waals surface area contributed by atoms with Crippen molar-refractivity contribution in [1.29, 1.82) is 0 Å². The van der Waals surface area contributed by atoms with E-state index in [1.807, 2.05) is 0 Å². The first-order valence-electron chi connectivity index (χ1n) is 6.63. The third-order valence-electron chi connectivity index (χ3n) is 3.33. The maximum Gasteiger partial charge on any atom is 0.167 e. The van der Waals surface area contributed by atoms with Crippen LogP contribution >= 0.6 is 0 Å². The Morgan fingerprint density at radius 2 is 2.11 bits per heavy atom. The second kappa shape index (κ2) is 6.26. The first kappa shape index (κ1) is 13.5. The van der Waals surface area contributed by atoms with Gasteiger partial charge in [-0.2, -0.15) is 5.10 Å². The highest BCUT2D eigenvalue weighted by atomic mass is 16.5. The first-order valence-corrected chi connectivity index (χ1v) is 6.63. The molecule has 0 saturated carbocycles. The molecule has 18 heavy (non-hydrogen) atoms.